The summed E-state index contributed by atoms with van der Waals surface area (Å²) in [5.74, 6) is 11.9. The molecule has 0 unspecified atom stereocenters. The van der Waals surface area contributed by atoms with Gasteiger partial charge in [0.25, 0.3) is 0 Å². The van der Waals surface area contributed by atoms with Crippen molar-refractivity contribution in [2.24, 2.45) is 0 Å². The van der Waals surface area contributed by atoms with Crippen LogP contribution in [-0.4, -0.2) is 0 Å². The average molecular weight is 258 g/mol. The van der Waals surface area contributed by atoms with Gasteiger partial charge in [0.1, 0.15) is 0 Å². The molecule has 0 aliphatic heterocycles. The minimum Gasteiger partial charge on any atom is -0.0613 e. The molecule has 0 N–H and O–H groups in total. The van der Waals surface area contributed by atoms with Gasteiger partial charge in [0.2, 0.25) is 0 Å². The highest BCUT2D eigenvalue weighted by atomic mass is 13.9. The lowest BCUT2D eigenvalue weighted by molar-refractivity contribution is 1.14. The van der Waals surface area contributed by atoms with Crippen LogP contribution in [0.5, 0.6) is 0 Å². The molecule has 0 bridgehead atoms. The topological polar surface area (TPSA) is 0 Å². The standard InChI is InChI=1S/C20H18/c1-3-17-9-13-19(14-10-17)7-5-6-8-20-15-11-18(4-2)12-16-20/h9-16H,3-4H2,1-2H3. The van der Waals surface area contributed by atoms with E-state index in [9.17, 15) is 0 Å². The maximum Gasteiger partial charge on any atom is 0.0255 e. The second kappa shape index (κ2) is 7.22. The molecule has 0 saturated carbocycles. The summed E-state index contributed by atoms with van der Waals surface area (Å²) in [6, 6.07) is 16.6. The Morgan fingerprint density at radius 2 is 0.950 bits per heavy atom. The van der Waals surface area contributed by atoms with Gasteiger partial charge in [0.15, 0.2) is 0 Å². The minimum absolute atomic E-state index is 1.01. The number of benzene rings is 2. The van der Waals surface area contributed by atoms with Crippen LogP contribution in [0.3, 0.4) is 0 Å². The van der Waals surface area contributed by atoms with Crippen molar-refractivity contribution in [1.29, 1.82) is 0 Å². The third-order valence-electron chi connectivity index (χ3n) is 3.20. The fraction of sp³-hybridized carbons (Fsp3) is 0.200. The van der Waals surface area contributed by atoms with E-state index in [0.29, 0.717) is 0 Å². The highest BCUT2D eigenvalue weighted by Gasteiger charge is 1.89. The molecule has 0 radical (unpaired) electrons. The highest BCUT2D eigenvalue weighted by Crippen LogP contribution is 2.04. The Kier molecular flexibility index (Phi) is 5.05. The lowest BCUT2D eigenvalue weighted by Crippen LogP contribution is -1.80. The molecule has 0 aromatic heterocycles. The Bertz CT molecular complexity index is 602. The molecule has 0 spiro atoms. The Morgan fingerprint density at radius 1 is 0.600 bits per heavy atom. The average Bonchev–Trinajstić information content (AvgIpc) is 2.53. The summed E-state index contributed by atoms with van der Waals surface area (Å²) >= 11 is 0. The Balaban J connectivity index is 2.04. The van der Waals surface area contributed by atoms with Gasteiger partial charge in [-0.15, -0.1) is 0 Å². The third-order valence-corrected chi connectivity index (χ3v) is 3.20. The maximum atomic E-state index is 3.07. The lowest BCUT2D eigenvalue weighted by atomic mass is 10.1. The summed E-state index contributed by atoms with van der Waals surface area (Å²) in [6.07, 6.45) is 2.11. The van der Waals surface area contributed by atoms with E-state index in [2.05, 4.69) is 61.8 Å². The number of hydrogen-bond acceptors (Lipinski definition) is 0. The first-order valence-electron chi connectivity index (χ1n) is 7.01. The molecule has 0 heterocycles. The largest absolute Gasteiger partial charge is 0.0613 e. The summed E-state index contributed by atoms with van der Waals surface area (Å²) < 4.78 is 0. The first kappa shape index (κ1) is 14.0. The molecule has 0 nitrogen and oxygen atoms in total. The molecule has 0 amide bonds. The predicted octanol–water partition coefficient (Wildman–Crippen LogP) is 4.21. The molecule has 2 aromatic carbocycles. The van der Waals surface area contributed by atoms with Gasteiger partial charge in [-0.05, 0) is 60.1 Å². The second-order valence-electron chi connectivity index (χ2n) is 4.60. The van der Waals surface area contributed by atoms with E-state index in [1.807, 2.05) is 24.3 Å². The molecule has 2 aromatic rings. The Morgan fingerprint density at radius 3 is 1.25 bits per heavy atom. The molecule has 0 atom stereocenters. The van der Waals surface area contributed by atoms with Crippen molar-refractivity contribution in [3.8, 4) is 23.7 Å². The van der Waals surface area contributed by atoms with Crippen molar-refractivity contribution < 1.29 is 0 Å². The van der Waals surface area contributed by atoms with Gasteiger partial charge < -0.3 is 0 Å². The van der Waals surface area contributed by atoms with Crippen LogP contribution in [-0.2, 0) is 12.8 Å². The summed E-state index contributed by atoms with van der Waals surface area (Å²) in [4.78, 5) is 0. The van der Waals surface area contributed by atoms with Gasteiger partial charge in [-0.1, -0.05) is 50.0 Å². The van der Waals surface area contributed by atoms with E-state index in [1.165, 1.54) is 11.1 Å². The maximum absolute atomic E-state index is 3.07. The molecule has 0 aliphatic rings. The molecule has 0 aliphatic carbocycles. The smallest absolute Gasteiger partial charge is 0.0255 e. The first-order valence-corrected chi connectivity index (χ1v) is 7.01. The van der Waals surface area contributed by atoms with Crippen molar-refractivity contribution in [1.82, 2.24) is 0 Å². The van der Waals surface area contributed by atoms with Gasteiger partial charge in [-0.3, -0.25) is 0 Å². The van der Waals surface area contributed by atoms with Crippen LogP contribution in [0, 0.1) is 23.7 Å². The summed E-state index contributed by atoms with van der Waals surface area (Å²) in [6.45, 7) is 4.30. The minimum atomic E-state index is 1.01. The van der Waals surface area contributed by atoms with Crippen molar-refractivity contribution in [2.75, 3.05) is 0 Å². The molecular formula is C20H18. The molecule has 0 heteroatoms. The van der Waals surface area contributed by atoms with E-state index in [0.717, 1.165) is 24.0 Å². The van der Waals surface area contributed by atoms with E-state index in [1.54, 1.807) is 0 Å². The van der Waals surface area contributed by atoms with Crippen molar-refractivity contribution in [2.45, 2.75) is 26.7 Å². The van der Waals surface area contributed by atoms with Gasteiger partial charge in [-0.25, -0.2) is 0 Å². The second-order valence-corrected chi connectivity index (χ2v) is 4.60. The zero-order chi connectivity index (χ0) is 14.2. The summed E-state index contributed by atoms with van der Waals surface area (Å²) in [7, 11) is 0. The molecule has 0 saturated heterocycles. The van der Waals surface area contributed by atoms with Crippen LogP contribution < -0.4 is 0 Å². The van der Waals surface area contributed by atoms with Gasteiger partial charge in [0.05, 0.1) is 0 Å². The number of hydrogen-bond donors (Lipinski definition) is 0. The van der Waals surface area contributed by atoms with E-state index in [-0.39, 0.29) is 0 Å². The van der Waals surface area contributed by atoms with Crippen molar-refractivity contribution in [3.63, 3.8) is 0 Å². The van der Waals surface area contributed by atoms with Crippen LogP contribution >= 0.6 is 0 Å². The van der Waals surface area contributed by atoms with E-state index >= 15 is 0 Å². The molecular weight excluding hydrogens is 240 g/mol. The van der Waals surface area contributed by atoms with E-state index in [4.69, 9.17) is 0 Å². The number of rotatable bonds is 2. The van der Waals surface area contributed by atoms with Crippen LogP contribution in [0.4, 0.5) is 0 Å². The van der Waals surface area contributed by atoms with Crippen molar-refractivity contribution >= 4 is 0 Å². The zero-order valence-electron chi connectivity index (χ0n) is 12.0. The molecule has 0 fully saturated rings. The first-order chi connectivity index (χ1) is 9.81. The molecule has 98 valence electrons. The third kappa shape index (κ3) is 4.04. The summed E-state index contributed by atoms with van der Waals surface area (Å²) in [5.41, 5.74) is 4.69. The SMILES string of the molecule is CCc1ccc(C#CC#Cc2ccc(CC)cc2)cc1. The Hall–Kier alpha value is -2.44. The van der Waals surface area contributed by atoms with Crippen LogP contribution in [0.1, 0.15) is 36.1 Å². The van der Waals surface area contributed by atoms with Gasteiger partial charge >= 0.3 is 0 Å². The van der Waals surface area contributed by atoms with E-state index < -0.39 is 0 Å². The lowest BCUT2D eigenvalue weighted by Gasteiger charge is -1.94. The summed E-state index contributed by atoms with van der Waals surface area (Å²) in [5, 5.41) is 0. The molecule has 20 heavy (non-hydrogen) atoms. The highest BCUT2D eigenvalue weighted by molar-refractivity contribution is 5.45. The van der Waals surface area contributed by atoms with Crippen LogP contribution in [0.25, 0.3) is 0 Å². The normalized spacial score (nSPS) is 9.10. The monoisotopic (exact) mass is 258 g/mol. The van der Waals surface area contributed by atoms with Gasteiger partial charge in [0, 0.05) is 11.1 Å². The van der Waals surface area contributed by atoms with Gasteiger partial charge in [-0.2, -0.15) is 0 Å². The number of aryl methyl sites for hydroxylation is 2. The zero-order valence-corrected chi connectivity index (χ0v) is 12.0. The quantitative estimate of drug-likeness (QED) is 0.708. The van der Waals surface area contributed by atoms with Crippen molar-refractivity contribution in [3.05, 3.63) is 70.8 Å². The van der Waals surface area contributed by atoms with Crippen LogP contribution in [0.2, 0.25) is 0 Å². The van der Waals surface area contributed by atoms with Crippen LogP contribution in [0.15, 0.2) is 48.5 Å². The Labute approximate surface area is 121 Å². The molecule has 2 rings (SSSR count). The fourth-order valence-corrected chi connectivity index (χ4v) is 1.85. The fourth-order valence-electron chi connectivity index (χ4n) is 1.85. The predicted molar refractivity (Wildman–Crippen MR) is 85.4 cm³/mol.